The number of ether oxygens (including phenoxy) is 2. The molecule has 1 heterocycles. The first kappa shape index (κ1) is 16.3. The molecule has 0 aliphatic rings. The van der Waals surface area contributed by atoms with Crippen LogP contribution in [0.25, 0.3) is 0 Å². The Morgan fingerprint density at radius 3 is 2.65 bits per heavy atom. The van der Waals surface area contributed by atoms with Crippen molar-refractivity contribution in [2.75, 3.05) is 37.9 Å². The van der Waals surface area contributed by atoms with Crippen LogP contribution < -0.4 is 22.3 Å². The molecule has 20 heavy (non-hydrogen) atoms. The van der Waals surface area contributed by atoms with E-state index >= 15 is 0 Å². The van der Waals surface area contributed by atoms with Gasteiger partial charge in [0.05, 0.1) is 25.9 Å². The van der Waals surface area contributed by atoms with E-state index in [1.54, 1.807) is 0 Å². The summed E-state index contributed by atoms with van der Waals surface area (Å²) in [5, 5.41) is 2.89. The predicted molar refractivity (Wildman–Crippen MR) is 77.2 cm³/mol. The highest BCUT2D eigenvalue weighted by Crippen LogP contribution is 2.09. The summed E-state index contributed by atoms with van der Waals surface area (Å²) in [4.78, 5) is 25.6. The lowest BCUT2D eigenvalue weighted by Gasteiger charge is -2.14. The third kappa shape index (κ3) is 4.39. The van der Waals surface area contributed by atoms with Gasteiger partial charge in [0.2, 0.25) is 0 Å². The van der Waals surface area contributed by atoms with Crippen molar-refractivity contribution in [3.8, 4) is 0 Å². The fraction of sp³-hybridized carbons (Fsp3) is 0.667. The fourth-order valence-electron chi connectivity index (χ4n) is 1.63. The number of hydrogen-bond acceptors (Lipinski definition) is 6. The van der Waals surface area contributed by atoms with Crippen LogP contribution in [-0.4, -0.2) is 42.5 Å². The second-order valence-corrected chi connectivity index (χ2v) is 4.51. The van der Waals surface area contributed by atoms with Crippen LogP contribution in [0, 0.1) is 0 Å². The van der Waals surface area contributed by atoms with Gasteiger partial charge in [0.1, 0.15) is 11.5 Å². The monoisotopic (exact) mass is 286 g/mol. The molecule has 0 saturated carbocycles. The first-order chi connectivity index (χ1) is 9.47. The van der Waals surface area contributed by atoms with Crippen LogP contribution in [0.5, 0.6) is 0 Å². The molecular formula is C12H22N4O4. The average molecular weight is 286 g/mol. The Morgan fingerprint density at radius 1 is 1.35 bits per heavy atom. The minimum atomic E-state index is -0.548. The normalized spacial score (nSPS) is 11.0. The van der Waals surface area contributed by atoms with Crippen LogP contribution in [0.1, 0.15) is 13.8 Å². The van der Waals surface area contributed by atoms with E-state index in [0.29, 0.717) is 19.8 Å². The molecule has 4 N–H and O–H groups in total. The molecule has 0 fully saturated rings. The fourth-order valence-corrected chi connectivity index (χ4v) is 1.63. The number of aromatic nitrogens is 2. The van der Waals surface area contributed by atoms with E-state index in [0.717, 1.165) is 0 Å². The summed E-state index contributed by atoms with van der Waals surface area (Å²) in [6.07, 6.45) is 0.114. The SMILES string of the molecule is COCCn1c(N)c(NCCOC(C)C)c(=O)[nH]c1=O. The second kappa shape index (κ2) is 7.71. The molecule has 0 radical (unpaired) electrons. The minimum Gasteiger partial charge on any atom is -0.383 e. The lowest BCUT2D eigenvalue weighted by molar-refractivity contribution is 0.0870. The molecule has 1 aromatic heterocycles. The smallest absolute Gasteiger partial charge is 0.330 e. The molecule has 0 unspecified atom stereocenters. The summed E-state index contributed by atoms with van der Waals surface area (Å²) in [6.45, 7) is 5.31. The van der Waals surface area contributed by atoms with Crippen LogP contribution >= 0.6 is 0 Å². The van der Waals surface area contributed by atoms with E-state index in [4.69, 9.17) is 15.2 Å². The summed E-state index contributed by atoms with van der Waals surface area (Å²) in [7, 11) is 1.52. The summed E-state index contributed by atoms with van der Waals surface area (Å²) in [6, 6.07) is 0. The molecule has 0 atom stereocenters. The number of nitrogen functional groups attached to an aromatic ring is 1. The van der Waals surface area contributed by atoms with E-state index in [1.807, 2.05) is 13.8 Å². The van der Waals surface area contributed by atoms with Gasteiger partial charge in [0.25, 0.3) is 5.56 Å². The van der Waals surface area contributed by atoms with Crippen molar-refractivity contribution in [2.24, 2.45) is 0 Å². The number of nitrogens with one attached hydrogen (secondary N) is 2. The van der Waals surface area contributed by atoms with Gasteiger partial charge in [-0.1, -0.05) is 0 Å². The van der Waals surface area contributed by atoms with E-state index in [9.17, 15) is 9.59 Å². The third-order valence-corrected chi connectivity index (χ3v) is 2.61. The molecule has 114 valence electrons. The summed E-state index contributed by atoms with van der Waals surface area (Å²) >= 11 is 0. The summed E-state index contributed by atoms with van der Waals surface area (Å²) < 4.78 is 11.5. The minimum absolute atomic E-state index is 0.0975. The molecule has 0 aliphatic carbocycles. The highest BCUT2D eigenvalue weighted by atomic mass is 16.5. The highest BCUT2D eigenvalue weighted by Gasteiger charge is 2.11. The van der Waals surface area contributed by atoms with Gasteiger partial charge in [-0.05, 0) is 13.8 Å². The average Bonchev–Trinajstić information content (AvgIpc) is 2.37. The number of methoxy groups -OCH3 is 1. The van der Waals surface area contributed by atoms with Gasteiger partial charge in [-0.25, -0.2) is 4.79 Å². The Labute approximate surface area is 116 Å². The first-order valence-electron chi connectivity index (χ1n) is 6.44. The first-order valence-corrected chi connectivity index (χ1v) is 6.44. The topological polar surface area (TPSA) is 111 Å². The van der Waals surface area contributed by atoms with Crippen LogP contribution in [0.2, 0.25) is 0 Å². The van der Waals surface area contributed by atoms with E-state index in [1.165, 1.54) is 11.7 Å². The van der Waals surface area contributed by atoms with Gasteiger partial charge in [0.15, 0.2) is 0 Å². The molecule has 0 spiro atoms. The summed E-state index contributed by atoms with van der Waals surface area (Å²) in [5.41, 5.74) is 4.94. The molecule has 0 aliphatic heterocycles. The number of rotatable bonds is 8. The predicted octanol–water partition coefficient (Wildman–Crippen LogP) is -0.398. The van der Waals surface area contributed by atoms with Crippen molar-refractivity contribution in [2.45, 2.75) is 26.5 Å². The van der Waals surface area contributed by atoms with Crippen molar-refractivity contribution in [3.63, 3.8) is 0 Å². The van der Waals surface area contributed by atoms with Gasteiger partial charge < -0.3 is 20.5 Å². The third-order valence-electron chi connectivity index (χ3n) is 2.61. The Kier molecular flexibility index (Phi) is 6.26. The number of nitrogens with zero attached hydrogens (tertiary/aromatic N) is 1. The molecule has 0 saturated heterocycles. The van der Waals surface area contributed by atoms with E-state index in [-0.39, 0.29) is 24.2 Å². The van der Waals surface area contributed by atoms with Crippen molar-refractivity contribution >= 4 is 11.5 Å². The van der Waals surface area contributed by atoms with Crippen LogP contribution in [0.15, 0.2) is 9.59 Å². The maximum atomic E-state index is 11.7. The highest BCUT2D eigenvalue weighted by molar-refractivity contribution is 5.60. The lowest BCUT2D eigenvalue weighted by atomic mass is 10.4. The maximum Gasteiger partial charge on any atom is 0.330 e. The zero-order chi connectivity index (χ0) is 15.1. The van der Waals surface area contributed by atoms with Gasteiger partial charge in [0, 0.05) is 13.7 Å². The molecule has 0 aromatic carbocycles. The molecule has 0 bridgehead atoms. The zero-order valence-corrected chi connectivity index (χ0v) is 12.1. The van der Waals surface area contributed by atoms with Crippen molar-refractivity contribution < 1.29 is 9.47 Å². The maximum absolute atomic E-state index is 11.7. The number of hydrogen-bond donors (Lipinski definition) is 3. The molecule has 0 amide bonds. The van der Waals surface area contributed by atoms with E-state index < -0.39 is 11.2 Å². The largest absolute Gasteiger partial charge is 0.383 e. The van der Waals surface area contributed by atoms with Crippen LogP contribution in [0.4, 0.5) is 11.5 Å². The van der Waals surface area contributed by atoms with Crippen LogP contribution in [-0.2, 0) is 16.0 Å². The van der Waals surface area contributed by atoms with Gasteiger partial charge in [-0.3, -0.25) is 14.3 Å². The Balaban J connectivity index is 2.84. The number of aromatic amines is 1. The Hall–Kier alpha value is -1.80. The van der Waals surface area contributed by atoms with Gasteiger partial charge >= 0.3 is 5.69 Å². The molecule has 1 rings (SSSR count). The molecular weight excluding hydrogens is 264 g/mol. The number of nitrogens with two attached hydrogens (primary N) is 1. The standard InChI is InChI=1S/C12H22N4O4/c1-8(2)20-6-4-14-9-10(13)16(5-7-19-3)12(18)15-11(9)17/h8,14H,4-7,13H2,1-3H3,(H,15,17,18). The molecule has 8 nitrogen and oxygen atoms in total. The number of H-pyrrole nitrogens is 1. The lowest BCUT2D eigenvalue weighted by Crippen LogP contribution is -2.35. The zero-order valence-electron chi connectivity index (χ0n) is 12.1. The Morgan fingerprint density at radius 2 is 2.05 bits per heavy atom. The van der Waals surface area contributed by atoms with Crippen molar-refractivity contribution in [1.82, 2.24) is 9.55 Å². The van der Waals surface area contributed by atoms with Gasteiger partial charge in [-0.2, -0.15) is 0 Å². The second-order valence-electron chi connectivity index (χ2n) is 4.51. The summed E-state index contributed by atoms with van der Waals surface area (Å²) in [5.74, 6) is 0.0975. The van der Waals surface area contributed by atoms with E-state index in [2.05, 4.69) is 10.3 Å². The van der Waals surface area contributed by atoms with Crippen molar-refractivity contribution in [3.05, 3.63) is 20.8 Å². The number of anilines is 2. The quantitative estimate of drug-likeness (QED) is 0.561. The van der Waals surface area contributed by atoms with Crippen molar-refractivity contribution in [1.29, 1.82) is 0 Å². The molecule has 1 aromatic rings. The van der Waals surface area contributed by atoms with Gasteiger partial charge in [-0.15, -0.1) is 0 Å². The Bertz CT molecular complexity index is 535. The van der Waals surface area contributed by atoms with Crippen LogP contribution in [0.3, 0.4) is 0 Å². The molecule has 8 heteroatoms.